The van der Waals surface area contributed by atoms with E-state index in [1.807, 2.05) is 24.6 Å². The zero-order chi connectivity index (χ0) is 13.1. The largest absolute Gasteiger partial charge is 0.466 e. The van der Waals surface area contributed by atoms with Gasteiger partial charge in [0.25, 0.3) is 5.91 Å². The summed E-state index contributed by atoms with van der Waals surface area (Å²) in [5, 5.41) is 7.02. The van der Waals surface area contributed by atoms with Crippen LogP contribution in [-0.4, -0.2) is 15.7 Å². The van der Waals surface area contributed by atoms with E-state index in [4.69, 9.17) is 4.42 Å². The molecule has 2 aromatic heterocycles. The summed E-state index contributed by atoms with van der Waals surface area (Å²) in [6.45, 7) is 6.90. The van der Waals surface area contributed by atoms with Gasteiger partial charge in [0.15, 0.2) is 0 Å². The lowest BCUT2D eigenvalue weighted by molar-refractivity contribution is 0.0948. The molecule has 0 spiro atoms. The zero-order valence-electron chi connectivity index (χ0n) is 10.9. The minimum Gasteiger partial charge on any atom is -0.466 e. The smallest absolute Gasteiger partial charge is 0.255 e. The number of aromatic nitrogens is 2. The van der Waals surface area contributed by atoms with Gasteiger partial charge in [-0.25, -0.2) is 0 Å². The first-order chi connectivity index (χ1) is 8.61. The Balaban J connectivity index is 2.03. The highest BCUT2D eigenvalue weighted by Gasteiger charge is 2.13. The fourth-order valence-electron chi connectivity index (χ4n) is 1.92. The fourth-order valence-corrected chi connectivity index (χ4v) is 1.92. The Morgan fingerprint density at radius 2 is 2.28 bits per heavy atom. The Morgan fingerprint density at radius 1 is 1.50 bits per heavy atom. The summed E-state index contributed by atoms with van der Waals surface area (Å²) in [5.41, 5.74) is 1.58. The number of amides is 1. The van der Waals surface area contributed by atoms with Gasteiger partial charge in [-0.2, -0.15) is 5.10 Å². The van der Waals surface area contributed by atoms with Crippen LogP contribution in [0.15, 0.2) is 22.7 Å². The highest BCUT2D eigenvalue weighted by molar-refractivity contribution is 5.95. The second kappa shape index (κ2) is 5.08. The molecule has 0 aliphatic heterocycles. The monoisotopic (exact) mass is 247 g/mol. The third-order valence-corrected chi connectivity index (χ3v) is 2.82. The molecule has 18 heavy (non-hydrogen) atoms. The molecule has 2 rings (SSSR count). The van der Waals surface area contributed by atoms with Gasteiger partial charge in [0, 0.05) is 12.7 Å². The second-order valence-electron chi connectivity index (χ2n) is 4.15. The molecule has 5 heteroatoms. The molecule has 1 N–H and O–H groups in total. The van der Waals surface area contributed by atoms with Gasteiger partial charge in [-0.1, -0.05) is 0 Å². The summed E-state index contributed by atoms with van der Waals surface area (Å²) in [4.78, 5) is 12.0. The maximum Gasteiger partial charge on any atom is 0.255 e. The topological polar surface area (TPSA) is 60.1 Å². The number of carbonyl (C=O) groups excluding carboxylic acids is 1. The number of carbonyl (C=O) groups is 1. The van der Waals surface area contributed by atoms with Crippen LogP contribution in [0.1, 0.15) is 34.5 Å². The lowest BCUT2D eigenvalue weighted by Crippen LogP contribution is -2.24. The summed E-state index contributed by atoms with van der Waals surface area (Å²) in [5.74, 6) is 1.28. The molecule has 1 amide bonds. The van der Waals surface area contributed by atoms with Gasteiger partial charge in [-0.05, 0) is 32.9 Å². The Morgan fingerprint density at radius 3 is 2.89 bits per heavy atom. The minimum absolute atomic E-state index is 0.117. The molecule has 0 aromatic carbocycles. The van der Waals surface area contributed by atoms with Crippen LogP contribution in [0, 0.1) is 13.8 Å². The van der Waals surface area contributed by atoms with E-state index in [1.165, 1.54) is 0 Å². The molecule has 0 aliphatic carbocycles. The molecule has 2 aromatic rings. The van der Waals surface area contributed by atoms with E-state index in [0.29, 0.717) is 17.9 Å². The summed E-state index contributed by atoms with van der Waals surface area (Å²) >= 11 is 0. The highest BCUT2D eigenvalue weighted by atomic mass is 16.3. The van der Waals surface area contributed by atoms with Crippen molar-refractivity contribution in [2.24, 2.45) is 0 Å². The molecule has 0 radical (unpaired) electrons. The first kappa shape index (κ1) is 12.4. The van der Waals surface area contributed by atoms with Gasteiger partial charge in [0.05, 0.1) is 17.8 Å². The molecule has 0 saturated heterocycles. The minimum atomic E-state index is -0.117. The van der Waals surface area contributed by atoms with Crippen LogP contribution in [0.3, 0.4) is 0 Å². The Bertz CT molecular complexity index is 554. The predicted molar refractivity (Wildman–Crippen MR) is 67.3 cm³/mol. The second-order valence-corrected chi connectivity index (χ2v) is 4.15. The molecular weight excluding hydrogens is 230 g/mol. The van der Waals surface area contributed by atoms with Crippen LogP contribution in [0.2, 0.25) is 0 Å². The molecule has 0 saturated carbocycles. The third kappa shape index (κ3) is 2.45. The van der Waals surface area contributed by atoms with Gasteiger partial charge in [0.2, 0.25) is 0 Å². The van der Waals surface area contributed by atoms with Crippen LogP contribution < -0.4 is 5.32 Å². The number of hydrogen-bond donors (Lipinski definition) is 1. The van der Waals surface area contributed by atoms with Crippen molar-refractivity contribution < 1.29 is 9.21 Å². The number of nitrogens with one attached hydrogen (secondary N) is 1. The molecule has 0 atom stereocenters. The number of nitrogens with zero attached hydrogens (tertiary/aromatic N) is 2. The molecule has 0 unspecified atom stereocenters. The highest BCUT2D eigenvalue weighted by Crippen LogP contribution is 2.13. The Hall–Kier alpha value is -2.04. The number of furan rings is 1. The van der Waals surface area contributed by atoms with Crippen molar-refractivity contribution in [1.29, 1.82) is 0 Å². The van der Waals surface area contributed by atoms with Crippen LogP contribution in [-0.2, 0) is 13.1 Å². The Kier molecular flexibility index (Phi) is 3.50. The van der Waals surface area contributed by atoms with Crippen molar-refractivity contribution in [3.63, 3.8) is 0 Å². The van der Waals surface area contributed by atoms with Gasteiger partial charge in [-0.3, -0.25) is 9.48 Å². The normalized spacial score (nSPS) is 10.6. The summed E-state index contributed by atoms with van der Waals surface area (Å²) in [6.07, 6.45) is 1.73. The van der Waals surface area contributed by atoms with Crippen molar-refractivity contribution in [2.45, 2.75) is 33.9 Å². The number of rotatable bonds is 4. The molecule has 0 fully saturated rings. The average Bonchev–Trinajstić information content (AvgIpc) is 2.92. The quantitative estimate of drug-likeness (QED) is 0.899. The first-order valence-electron chi connectivity index (χ1n) is 5.97. The van der Waals surface area contributed by atoms with E-state index in [2.05, 4.69) is 10.4 Å². The molecule has 5 nitrogen and oxygen atoms in total. The zero-order valence-corrected chi connectivity index (χ0v) is 10.9. The Labute approximate surface area is 106 Å². The molecule has 2 heterocycles. The van der Waals surface area contributed by atoms with Crippen LogP contribution in [0.25, 0.3) is 0 Å². The van der Waals surface area contributed by atoms with Gasteiger partial charge < -0.3 is 9.73 Å². The van der Waals surface area contributed by atoms with Crippen LogP contribution in [0.4, 0.5) is 0 Å². The summed E-state index contributed by atoms with van der Waals surface area (Å²) in [7, 11) is 0. The maximum atomic E-state index is 12.0. The van der Waals surface area contributed by atoms with E-state index in [9.17, 15) is 4.79 Å². The summed E-state index contributed by atoms with van der Waals surface area (Å²) < 4.78 is 7.19. The number of aryl methyl sites for hydroxylation is 3. The SMILES string of the molecule is CCn1nccc1CNC(=O)c1cc(C)oc1C. The number of hydrogen-bond acceptors (Lipinski definition) is 3. The van der Waals surface area contributed by atoms with Crippen molar-refractivity contribution in [3.8, 4) is 0 Å². The van der Waals surface area contributed by atoms with Gasteiger partial charge >= 0.3 is 0 Å². The van der Waals surface area contributed by atoms with E-state index < -0.39 is 0 Å². The van der Waals surface area contributed by atoms with E-state index >= 15 is 0 Å². The predicted octanol–water partition coefficient (Wildman–Crippen LogP) is 2.04. The molecule has 0 aliphatic rings. The van der Waals surface area contributed by atoms with Crippen molar-refractivity contribution in [1.82, 2.24) is 15.1 Å². The molecular formula is C13H17N3O2. The van der Waals surface area contributed by atoms with E-state index in [-0.39, 0.29) is 5.91 Å². The maximum absolute atomic E-state index is 12.0. The van der Waals surface area contributed by atoms with Crippen molar-refractivity contribution in [2.75, 3.05) is 0 Å². The molecule has 96 valence electrons. The lowest BCUT2D eigenvalue weighted by Gasteiger charge is -2.06. The van der Waals surface area contributed by atoms with E-state index in [1.54, 1.807) is 19.2 Å². The van der Waals surface area contributed by atoms with Gasteiger partial charge in [-0.15, -0.1) is 0 Å². The lowest BCUT2D eigenvalue weighted by atomic mass is 10.2. The van der Waals surface area contributed by atoms with Crippen molar-refractivity contribution >= 4 is 5.91 Å². The fraction of sp³-hybridized carbons (Fsp3) is 0.385. The van der Waals surface area contributed by atoms with Gasteiger partial charge in [0.1, 0.15) is 11.5 Å². The third-order valence-electron chi connectivity index (χ3n) is 2.82. The van der Waals surface area contributed by atoms with E-state index in [0.717, 1.165) is 18.0 Å². The van der Waals surface area contributed by atoms with Crippen molar-refractivity contribution in [3.05, 3.63) is 41.1 Å². The standard InChI is InChI=1S/C13H17N3O2/c1-4-16-11(5-6-15-16)8-14-13(17)12-7-9(2)18-10(12)3/h5-7H,4,8H2,1-3H3,(H,14,17). The first-order valence-corrected chi connectivity index (χ1v) is 5.97. The summed E-state index contributed by atoms with van der Waals surface area (Å²) in [6, 6.07) is 3.65. The molecule has 0 bridgehead atoms. The van der Waals surface area contributed by atoms with Crippen LogP contribution in [0.5, 0.6) is 0 Å². The average molecular weight is 247 g/mol. The van der Waals surface area contributed by atoms with Crippen LogP contribution >= 0.6 is 0 Å².